The van der Waals surface area contributed by atoms with Gasteiger partial charge in [0.05, 0.1) is 19.6 Å². The number of benzene rings is 1. The molecular formula is C56H89N13O17S. The molecule has 2 aliphatic rings. The molecule has 3 rings (SSSR count). The number of aliphatic carboxylic acids is 2. The van der Waals surface area contributed by atoms with Crippen molar-refractivity contribution in [2.75, 3.05) is 38.2 Å². The molecule has 0 radical (unpaired) electrons. The molecule has 0 saturated carbocycles. The zero-order chi connectivity index (χ0) is 65.5. The summed E-state index contributed by atoms with van der Waals surface area (Å²) in [5, 5.41) is 52.5. The molecule has 486 valence electrons. The number of carbonyl (C=O) groups is 14. The molecule has 17 N–H and O–H groups in total. The third-order valence-corrected chi connectivity index (χ3v) is 14.7. The number of carbonyl (C=O) groups excluding carboxylic acids is 12. The first kappa shape index (κ1) is 75.2. The highest BCUT2D eigenvalue weighted by Crippen LogP contribution is 2.22. The molecular weight excluding hydrogens is 1160 g/mol. The van der Waals surface area contributed by atoms with Gasteiger partial charge in [0, 0.05) is 26.3 Å². The summed E-state index contributed by atoms with van der Waals surface area (Å²) in [6.07, 6.45) is 3.13. The topological polar surface area (TPSA) is 475 Å². The second kappa shape index (κ2) is 39.0. The maximum absolute atomic E-state index is 14.2. The van der Waals surface area contributed by atoms with Crippen molar-refractivity contribution in [2.45, 2.75) is 179 Å². The van der Waals surface area contributed by atoms with Crippen LogP contribution in [0.4, 0.5) is 0 Å². The van der Waals surface area contributed by atoms with Crippen molar-refractivity contribution in [3.8, 4) is 0 Å². The lowest BCUT2D eigenvalue weighted by molar-refractivity contribution is -0.142. The maximum Gasteiger partial charge on any atom is 0.305 e. The second-order valence-corrected chi connectivity index (χ2v) is 22.7. The Morgan fingerprint density at radius 1 is 0.713 bits per heavy atom. The number of aliphatic hydroxyl groups excluding tert-OH is 1. The van der Waals surface area contributed by atoms with E-state index >= 15 is 0 Å². The van der Waals surface area contributed by atoms with E-state index in [0.717, 1.165) is 6.92 Å². The molecule has 2 heterocycles. The first-order valence-electron chi connectivity index (χ1n) is 28.9. The summed E-state index contributed by atoms with van der Waals surface area (Å²) in [5.41, 5.74) is 11.8. The number of carboxylic acids is 2. The number of primary amides is 1. The van der Waals surface area contributed by atoms with E-state index in [4.69, 9.17) is 21.4 Å². The van der Waals surface area contributed by atoms with Crippen molar-refractivity contribution in [1.82, 2.24) is 58.1 Å². The predicted molar refractivity (Wildman–Crippen MR) is 317 cm³/mol. The lowest BCUT2D eigenvalue weighted by Gasteiger charge is -2.28. The number of hydrogen-bond acceptors (Lipinski definition) is 17. The van der Waals surface area contributed by atoms with Crippen molar-refractivity contribution in [3.63, 3.8) is 0 Å². The summed E-state index contributed by atoms with van der Waals surface area (Å²) < 4.78 is 0. The van der Waals surface area contributed by atoms with Crippen LogP contribution in [-0.2, 0) is 73.5 Å². The highest BCUT2D eigenvalue weighted by atomic mass is 32.2. The number of nitrogens with two attached hydrogens (primary N) is 2. The molecule has 11 atom stereocenters. The van der Waals surface area contributed by atoms with Crippen LogP contribution in [0.2, 0.25) is 0 Å². The van der Waals surface area contributed by atoms with Gasteiger partial charge in [0.25, 0.3) is 5.97 Å². The van der Waals surface area contributed by atoms with Crippen molar-refractivity contribution >= 4 is 94.6 Å². The quantitative estimate of drug-likeness (QED) is 0.0290. The lowest BCUT2D eigenvalue weighted by Crippen LogP contribution is -2.61. The van der Waals surface area contributed by atoms with E-state index in [1.165, 1.54) is 23.6 Å². The Morgan fingerprint density at radius 3 is 1.86 bits per heavy atom. The summed E-state index contributed by atoms with van der Waals surface area (Å²) >= 11 is 1.46. The van der Waals surface area contributed by atoms with Crippen LogP contribution in [0.1, 0.15) is 118 Å². The van der Waals surface area contributed by atoms with Gasteiger partial charge in [-0.25, -0.2) is 0 Å². The Morgan fingerprint density at radius 2 is 1.30 bits per heavy atom. The van der Waals surface area contributed by atoms with Gasteiger partial charge in [0.15, 0.2) is 0 Å². The van der Waals surface area contributed by atoms with Gasteiger partial charge in [0.2, 0.25) is 70.9 Å². The Balaban J connectivity index is 0.00000624. The minimum absolute atomic E-state index is 0.0722. The standard InChI is InChI=1S/C54H85N13O15S.C2H4O2/c1-7-30(4)44(53(81)57-27-42(70)60-36(24-29(2)3)49(77)61-33(45(56)73)20-23-83-6)66-50(78)37(25-32-14-9-8-10-15-32)63-46(74)31(5)58-48(76)38(26-43(71)72)64-47(75)34(16-11-12-21-55)62-51(79)39(28-68)65-52(80)40-17-13-22-67(40)54(82)35-18-19-41(69)59-35;1-2(3)4/h8-10,14-15,29-31,33-40,44,68H,7,11-13,16-28,55H2,1-6H3,(H2,56,73)(H,57,81)(H,58,76)(H,59,69)(H,60,70)(H,61,77)(H,62,79)(H,63,74)(H,64,75)(H,65,80)(H,66,78)(H,71,72);1H3,(H,3,4)/t30-,31-,33-,34-,35-,36-,37-,38-,39-,40-,44-;/m0./s1. The fraction of sp³-hybridized carbons (Fsp3) is 0.643. The number of unbranched alkanes of at least 4 members (excludes halogenated alkanes) is 1. The molecule has 12 amide bonds. The smallest absolute Gasteiger partial charge is 0.305 e. The number of amides is 12. The summed E-state index contributed by atoms with van der Waals surface area (Å²) in [6.45, 7) is 8.26. The highest BCUT2D eigenvalue weighted by Gasteiger charge is 2.41. The van der Waals surface area contributed by atoms with Crippen molar-refractivity contribution < 1.29 is 82.4 Å². The fourth-order valence-electron chi connectivity index (χ4n) is 9.16. The number of nitrogens with one attached hydrogen (secondary N) is 10. The molecule has 30 nitrogen and oxygen atoms in total. The Labute approximate surface area is 509 Å². The van der Waals surface area contributed by atoms with E-state index in [-0.39, 0.29) is 76.3 Å². The molecule has 0 aromatic heterocycles. The number of carboxylic acid groups (broad SMARTS) is 2. The van der Waals surface area contributed by atoms with E-state index in [0.29, 0.717) is 30.6 Å². The first-order valence-corrected chi connectivity index (χ1v) is 30.3. The zero-order valence-corrected chi connectivity index (χ0v) is 51.2. The minimum atomic E-state index is -1.85. The van der Waals surface area contributed by atoms with Crippen LogP contribution in [0.5, 0.6) is 0 Å². The van der Waals surface area contributed by atoms with Gasteiger partial charge >= 0.3 is 5.97 Å². The molecule has 0 bridgehead atoms. The summed E-state index contributed by atoms with van der Waals surface area (Å²) in [6, 6.07) is -4.53. The molecule has 2 aliphatic heterocycles. The van der Waals surface area contributed by atoms with E-state index in [1.807, 2.05) is 20.1 Å². The van der Waals surface area contributed by atoms with Gasteiger partial charge < -0.3 is 84.9 Å². The van der Waals surface area contributed by atoms with Gasteiger partial charge in [-0.3, -0.25) is 67.1 Å². The second-order valence-electron chi connectivity index (χ2n) is 21.7. The SMILES string of the molecule is CC(=O)O.CC[C@H](C)[C@H](NC(=O)[C@H](Cc1ccccc1)NC(=O)[C@H](C)NC(=O)[C@H](CC(=O)O)NC(=O)[C@H](CCCCN)NC(=O)[C@H](CO)NC(=O)[C@@H]1CCCN1C(=O)[C@@H]1CCC(=O)N1)C(=O)NCC(=O)N[C@@H](CC(C)C)C(=O)N[C@@H](CCSC)C(N)=O. The molecule has 0 unspecified atom stereocenters. The van der Waals surface area contributed by atoms with Gasteiger partial charge in [-0.1, -0.05) is 64.4 Å². The van der Waals surface area contributed by atoms with Gasteiger partial charge in [0.1, 0.15) is 60.4 Å². The van der Waals surface area contributed by atoms with Crippen molar-refractivity contribution in [1.29, 1.82) is 0 Å². The van der Waals surface area contributed by atoms with Gasteiger partial charge in [-0.05, 0) is 94.2 Å². The number of rotatable bonds is 36. The fourth-order valence-corrected chi connectivity index (χ4v) is 9.64. The van der Waals surface area contributed by atoms with Crippen LogP contribution in [0.3, 0.4) is 0 Å². The van der Waals surface area contributed by atoms with E-state index in [1.54, 1.807) is 44.2 Å². The minimum Gasteiger partial charge on any atom is -0.481 e. The summed E-state index contributed by atoms with van der Waals surface area (Å²) in [7, 11) is 0. The van der Waals surface area contributed by atoms with Gasteiger partial charge in [-0.15, -0.1) is 0 Å². The van der Waals surface area contributed by atoms with Crippen molar-refractivity contribution in [2.24, 2.45) is 23.3 Å². The van der Waals surface area contributed by atoms with Crippen LogP contribution in [0, 0.1) is 11.8 Å². The molecule has 31 heteroatoms. The Hall–Kier alpha value is -7.93. The average Bonchev–Trinajstić information content (AvgIpc) is 2.59. The van der Waals surface area contributed by atoms with E-state index < -0.39 is 163 Å². The van der Waals surface area contributed by atoms with Crippen molar-refractivity contribution in [3.05, 3.63) is 35.9 Å². The van der Waals surface area contributed by atoms with Crippen LogP contribution in [0.25, 0.3) is 0 Å². The lowest BCUT2D eigenvalue weighted by atomic mass is 9.97. The van der Waals surface area contributed by atoms with Gasteiger partial charge in [-0.2, -0.15) is 11.8 Å². The van der Waals surface area contributed by atoms with Crippen LogP contribution >= 0.6 is 11.8 Å². The van der Waals surface area contributed by atoms with Crippen LogP contribution in [0.15, 0.2) is 30.3 Å². The largest absolute Gasteiger partial charge is 0.481 e. The average molecular weight is 1250 g/mol. The summed E-state index contributed by atoms with van der Waals surface area (Å²) in [4.78, 5) is 183. The Kier molecular flexibility index (Phi) is 33.7. The van der Waals surface area contributed by atoms with E-state index in [9.17, 15) is 72.5 Å². The summed E-state index contributed by atoms with van der Waals surface area (Å²) in [5.74, 6) is -11.9. The third-order valence-electron chi connectivity index (χ3n) is 14.1. The van der Waals surface area contributed by atoms with Crippen LogP contribution < -0.4 is 64.6 Å². The zero-order valence-electron chi connectivity index (χ0n) is 50.4. The molecule has 87 heavy (non-hydrogen) atoms. The highest BCUT2D eigenvalue weighted by molar-refractivity contribution is 7.98. The number of nitrogens with zero attached hydrogens (tertiary/aromatic N) is 1. The normalized spacial score (nSPS) is 17.4. The molecule has 0 spiro atoms. The monoisotopic (exact) mass is 1250 g/mol. The predicted octanol–water partition coefficient (Wildman–Crippen LogP) is -3.47. The third kappa shape index (κ3) is 27.1. The van der Waals surface area contributed by atoms with Crippen LogP contribution in [-0.4, -0.2) is 202 Å². The number of likely N-dealkylation sites (tertiary alicyclic amines) is 1. The molecule has 2 saturated heterocycles. The molecule has 1 aromatic carbocycles. The molecule has 1 aromatic rings. The number of thioether (sulfide) groups is 1. The first-order chi connectivity index (χ1) is 41.1. The number of hydrogen-bond donors (Lipinski definition) is 15. The Bertz CT molecular complexity index is 2540. The maximum atomic E-state index is 14.2. The molecule has 2 fully saturated rings. The van der Waals surface area contributed by atoms with E-state index in [2.05, 4.69) is 53.2 Å². The number of aliphatic hydroxyl groups is 1. The molecule has 0 aliphatic carbocycles.